The van der Waals surface area contributed by atoms with Gasteiger partial charge < -0.3 is 30.0 Å². The smallest absolute Gasteiger partial charge is 0.328 e. The van der Waals surface area contributed by atoms with Crippen molar-refractivity contribution in [3.63, 3.8) is 0 Å². The van der Waals surface area contributed by atoms with E-state index in [0.29, 0.717) is 45.0 Å². The van der Waals surface area contributed by atoms with E-state index in [4.69, 9.17) is 47.9 Å². The first-order valence-electron chi connectivity index (χ1n) is 19.9. The molecule has 4 aromatic carbocycles. The number of anilines is 1. The maximum atomic E-state index is 14.5. The van der Waals surface area contributed by atoms with Gasteiger partial charge in [0.25, 0.3) is 10.0 Å². The number of ether oxygens (including phenoxy) is 4. The van der Waals surface area contributed by atoms with Crippen LogP contribution in [0.25, 0.3) is 11.1 Å². The Hall–Kier alpha value is -5.71. The van der Waals surface area contributed by atoms with Crippen molar-refractivity contribution in [3.8, 4) is 28.4 Å². The lowest BCUT2D eigenvalue weighted by Crippen LogP contribution is -2.56. The zero-order chi connectivity index (χ0) is 44.6. The molecule has 326 valence electrons. The van der Waals surface area contributed by atoms with Crippen LogP contribution in [0.2, 0.25) is 10.0 Å². The number of aryl methyl sites for hydroxylation is 2. The van der Waals surface area contributed by atoms with Gasteiger partial charge >= 0.3 is 5.97 Å². The predicted octanol–water partition coefficient (Wildman–Crippen LogP) is 8.13. The minimum atomic E-state index is -4.34. The number of esters is 1. The number of benzene rings is 4. The van der Waals surface area contributed by atoms with Gasteiger partial charge in [-0.15, -0.1) is 0 Å². The summed E-state index contributed by atoms with van der Waals surface area (Å²) < 4.78 is 53.8. The van der Waals surface area contributed by atoms with Gasteiger partial charge in [-0.2, -0.15) is 4.31 Å². The van der Waals surface area contributed by atoms with Gasteiger partial charge in [0, 0.05) is 24.9 Å². The van der Waals surface area contributed by atoms with Crippen LogP contribution in [0.4, 0.5) is 5.13 Å². The summed E-state index contributed by atoms with van der Waals surface area (Å²) in [5, 5.41) is 3.82. The van der Waals surface area contributed by atoms with Crippen LogP contribution in [0.15, 0.2) is 95.3 Å². The first-order chi connectivity index (χ1) is 30.2. The average Bonchev–Trinajstić information content (AvgIpc) is 3.64. The standard InChI is InChI=1S/C46H43Cl2N5O8S2/c1-25-26(2)50-16-15-35(25)30-8-5-28(6-9-30)18-38(44(55)58-4)52-43(54)39-19-32-20-40-41(21-33(32)22-53(39)63(56,57)45-27(3)51-46(49)62-45)61-42(24-60-40)31-10-12-34(13-11-31)59-23-29-7-14-36(47)37(48)17-29/h5-17,20-21,38-39,42H,18-19,22-24H2,1-4H3,(H2,49,51)(H,52,54)/t38?,39-,42+/m0/s1. The van der Waals surface area contributed by atoms with Crippen LogP contribution in [-0.2, 0) is 50.3 Å². The molecular weight excluding hydrogens is 886 g/mol. The summed E-state index contributed by atoms with van der Waals surface area (Å²) in [5.41, 5.74) is 14.0. The molecule has 17 heteroatoms. The fraction of sp³-hybridized carbons (Fsp3) is 0.261. The van der Waals surface area contributed by atoms with E-state index in [0.717, 1.165) is 54.7 Å². The molecule has 0 radical (unpaired) electrons. The molecule has 0 fully saturated rings. The number of halogens is 2. The number of hydrogen-bond donors (Lipinski definition) is 2. The Morgan fingerprint density at radius 3 is 2.37 bits per heavy atom. The fourth-order valence-corrected chi connectivity index (χ4v) is 11.0. The Morgan fingerprint density at radius 2 is 1.67 bits per heavy atom. The Kier molecular flexibility index (Phi) is 12.7. The summed E-state index contributed by atoms with van der Waals surface area (Å²) in [7, 11) is -3.10. The molecule has 1 amide bonds. The average molecular weight is 929 g/mol. The van der Waals surface area contributed by atoms with E-state index >= 15 is 0 Å². The van der Waals surface area contributed by atoms with Gasteiger partial charge in [-0.1, -0.05) is 77.0 Å². The number of pyridine rings is 1. The third-order valence-electron chi connectivity index (χ3n) is 11.2. The second-order valence-electron chi connectivity index (χ2n) is 15.3. The van der Waals surface area contributed by atoms with Crippen molar-refractivity contribution >= 4 is 61.6 Å². The summed E-state index contributed by atoms with van der Waals surface area (Å²) in [6.07, 6.45) is 1.37. The number of carbonyl (C=O) groups excluding carboxylic acids is 2. The van der Waals surface area contributed by atoms with E-state index in [1.165, 1.54) is 7.11 Å². The maximum absolute atomic E-state index is 14.5. The molecular formula is C46H43Cl2N5O8S2. The van der Waals surface area contributed by atoms with Crippen LogP contribution in [0, 0.1) is 20.8 Å². The Labute approximate surface area is 379 Å². The Bertz CT molecular complexity index is 2820. The molecule has 1 unspecified atom stereocenters. The molecule has 2 aromatic heterocycles. The molecule has 6 aromatic rings. The van der Waals surface area contributed by atoms with E-state index < -0.39 is 40.1 Å². The summed E-state index contributed by atoms with van der Waals surface area (Å²) in [5.74, 6) is 0.181. The Morgan fingerprint density at radius 1 is 0.937 bits per heavy atom. The lowest BCUT2D eigenvalue weighted by Gasteiger charge is -2.36. The van der Waals surface area contributed by atoms with Gasteiger partial charge in [-0.05, 0) is 114 Å². The number of sulfonamides is 1. The summed E-state index contributed by atoms with van der Waals surface area (Å²) in [4.78, 5) is 36.2. The van der Waals surface area contributed by atoms with Gasteiger partial charge in [0.15, 0.2) is 26.9 Å². The number of nitrogen functional groups attached to an aromatic ring is 1. The summed E-state index contributed by atoms with van der Waals surface area (Å²) in [6, 6.07) is 23.6. The highest BCUT2D eigenvalue weighted by Gasteiger charge is 2.43. The highest BCUT2D eigenvalue weighted by molar-refractivity contribution is 7.91. The lowest BCUT2D eigenvalue weighted by atomic mass is 9.93. The van der Waals surface area contributed by atoms with Crippen LogP contribution in [0.3, 0.4) is 0 Å². The molecule has 3 atom stereocenters. The van der Waals surface area contributed by atoms with Crippen LogP contribution in [0.5, 0.6) is 17.2 Å². The van der Waals surface area contributed by atoms with Gasteiger partial charge in [-0.3, -0.25) is 9.78 Å². The molecule has 2 aliphatic rings. The van der Waals surface area contributed by atoms with Crippen molar-refractivity contribution in [1.29, 1.82) is 0 Å². The van der Waals surface area contributed by atoms with Gasteiger partial charge in [0.2, 0.25) is 5.91 Å². The normalized spacial score (nSPS) is 16.5. The number of nitrogens with two attached hydrogens (primary N) is 1. The second-order valence-corrected chi connectivity index (χ2v) is 19.3. The number of aromatic nitrogens is 2. The van der Waals surface area contributed by atoms with Crippen LogP contribution in [-0.4, -0.2) is 60.4 Å². The molecule has 2 aliphatic heterocycles. The SMILES string of the molecule is COC(=O)C(Cc1ccc(-c2ccnc(C)c2C)cc1)NC(=O)[C@@H]1Cc2cc3c(cc2CN1S(=O)(=O)c1sc(N)nc1C)O[C@@H](c1ccc(OCc2ccc(Cl)c(Cl)c2)cc1)CO3. The zero-order valence-corrected chi connectivity index (χ0v) is 37.8. The molecule has 0 saturated carbocycles. The number of thiazole rings is 1. The number of rotatable bonds is 12. The van der Waals surface area contributed by atoms with E-state index in [9.17, 15) is 18.0 Å². The quantitative estimate of drug-likeness (QED) is 0.114. The summed E-state index contributed by atoms with van der Waals surface area (Å²) >= 11 is 13.0. The van der Waals surface area contributed by atoms with Gasteiger partial charge in [0.1, 0.15) is 31.0 Å². The van der Waals surface area contributed by atoms with Crippen LogP contribution >= 0.6 is 34.5 Å². The van der Waals surface area contributed by atoms with E-state index in [-0.39, 0.29) is 41.0 Å². The largest absolute Gasteiger partial charge is 0.489 e. The number of nitrogens with one attached hydrogen (secondary N) is 1. The molecule has 8 rings (SSSR count). The first kappa shape index (κ1) is 43.9. The first-order valence-corrected chi connectivity index (χ1v) is 23.0. The number of carbonyl (C=O) groups is 2. The molecule has 3 N–H and O–H groups in total. The molecule has 0 spiro atoms. The van der Waals surface area contributed by atoms with Crippen molar-refractivity contribution in [2.45, 2.75) is 69.2 Å². The van der Waals surface area contributed by atoms with Crippen LogP contribution < -0.4 is 25.3 Å². The van der Waals surface area contributed by atoms with Crippen molar-refractivity contribution in [2.24, 2.45) is 0 Å². The van der Waals surface area contributed by atoms with E-state index in [1.807, 2.05) is 74.5 Å². The van der Waals surface area contributed by atoms with Crippen molar-refractivity contribution in [2.75, 3.05) is 19.5 Å². The van der Waals surface area contributed by atoms with Crippen molar-refractivity contribution < 1.29 is 37.0 Å². The highest BCUT2D eigenvalue weighted by Crippen LogP contribution is 2.42. The summed E-state index contributed by atoms with van der Waals surface area (Å²) in [6.45, 7) is 5.84. The molecule has 0 aliphatic carbocycles. The molecule has 4 heterocycles. The van der Waals surface area contributed by atoms with Crippen LogP contribution in [0.1, 0.15) is 50.9 Å². The third kappa shape index (κ3) is 9.34. The second kappa shape index (κ2) is 18.2. The number of nitrogens with zero attached hydrogens (tertiary/aromatic N) is 3. The highest BCUT2D eigenvalue weighted by atomic mass is 35.5. The zero-order valence-electron chi connectivity index (χ0n) is 34.7. The minimum absolute atomic E-state index is 0.0230. The van der Waals surface area contributed by atoms with E-state index in [2.05, 4.69) is 15.3 Å². The predicted molar refractivity (Wildman–Crippen MR) is 241 cm³/mol. The molecule has 63 heavy (non-hydrogen) atoms. The van der Waals surface area contributed by atoms with Crippen molar-refractivity contribution in [3.05, 3.63) is 146 Å². The van der Waals surface area contributed by atoms with Gasteiger partial charge in [0.05, 0.1) is 22.8 Å². The lowest BCUT2D eigenvalue weighted by molar-refractivity contribution is -0.145. The molecule has 0 bridgehead atoms. The van der Waals surface area contributed by atoms with Crippen molar-refractivity contribution in [1.82, 2.24) is 19.6 Å². The maximum Gasteiger partial charge on any atom is 0.328 e. The molecule has 13 nitrogen and oxygen atoms in total. The minimum Gasteiger partial charge on any atom is -0.489 e. The number of fused-ring (bicyclic) bond motifs is 2. The molecule has 0 saturated heterocycles. The monoisotopic (exact) mass is 927 g/mol. The van der Waals surface area contributed by atoms with Gasteiger partial charge in [-0.25, -0.2) is 18.2 Å². The fourth-order valence-electron chi connectivity index (χ4n) is 7.70. The number of amides is 1. The van der Waals surface area contributed by atoms with E-state index in [1.54, 1.807) is 37.4 Å². The number of hydrogen-bond acceptors (Lipinski definition) is 12. The Balaban J connectivity index is 1.02. The topological polar surface area (TPSA) is 172 Å². The third-order valence-corrected chi connectivity index (χ3v) is 15.4. The number of methoxy groups -OCH3 is 1.